The molecule has 22 heavy (non-hydrogen) atoms. The van der Waals surface area contributed by atoms with Crippen LogP contribution in [0.25, 0.3) is 0 Å². The van der Waals surface area contributed by atoms with E-state index in [1.807, 2.05) is 6.92 Å². The first-order valence-electron chi connectivity index (χ1n) is 8.02. The fraction of sp³-hybridized carbons (Fsp3) is 0.588. The van der Waals surface area contributed by atoms with E-state index in [0.717, 1.165) is 36.6 Å². The zero-order valence-electron chi connectivity index (χ0n) is 12.9. The van der Waals surface area contributed by atoms with Crippen molar-refractivity contribution in [2.45, 2.75) is 32.2 Å². The highest BCUT2D eigenvalue weighted by Gasteiger charge is 2.38. The Morgan fingerprint density at radius 3 is 2.77 bits per heavy atom. The van der Waals surface area contributed by atoms with Gasteiger partial charge in [0.25, 0.3) is 0 Å². The third-order valence-electron chi connectivity index (χ3n) is 4.86. The lowest BCUT2D eigenvalue weighted by Gasteiger charge is -2.28. The zero-order valence-corrected chi connectivity index (χ0v) is 12.9. The Morgan fingerprint density at radius 1 is 1.36 bits per heavy atom. The molecule has 0 unspecified atom stereocenters. The number of benzene rings is 1. The van der Waals surface area contributed by atoms with Crippen molar-refractivity contribution < 1.29 is 14.3 Å². The van der Waals surface area contributed by atoms with E-state index in [9.17, 15) is 14.3 Å². The van der Waals surface area contributed by atoms with Gasteiger partial charge in [-0.2, -0.15) is 0 Å². The molecule has 1 amide bonds. The van der Waals surface area contributed by atoms with Crippen LogP contribution < -0.4 is 5.32 Å². The molecule has 1 heterocycles. The molecule has 1 aliphatic carbocycles. The number of carbonyl (C=O) groups is 1. The summed E-state index contributed by atoms with van der Waals surface area (Å²) < 4.78 is 13.3. The number of amides is 1. The molecule has 0 radical (unpaired) electrons. The van der Waals surface area contributed by atoms with Gasteiger partial charge in [-0.15, -0.1) is 0 Å². The Labute approximate surface area is 130 Å². The number of rotatable bonds is 5. The first kappa shape index (κ1) is 15.3. The van der Waals surface area contributed by atoms with Gasteiger partial charge in [0.05, 0.1) is 6.04 Å². The van der Waals surface area contributed by atoms with Gasteiger partial charge in [0.15, 0.2) is 0 Å². The summed E-state index contributed by atoms with van der Waals surface area (Å²) in [6, 6.07) is 4.48. The van der Waals surface area contributed by atoms with Crippen molar-refractivity contribution in [1.29, 1.82) is 0 Å². The van der Waals surface area contributed by atoms with Crippen LogP contribution in [0.5, 0.6) is 0 Å². The van der Waals surface area contributed by atoms with Gasteiger partial charge in [-0.05, 0) is 67.8 Å². The van der Waals surface area contributed by atoms with Gasteiger partial charge in [-0.25, -0.2) is 9.18 Å². The Balaban J connectivity index is 1.77. The van der Waals surface area contributed by atoms with E-state index in [0.29, 0.717) is 6.54 Å². The first-order valence-corrected chi connectivity index (χ1v) is 8.02. The predicted octanol–water partition coefficient (Wildman–Crippen LogP) is 3.17. The summed E-state index contributed by atoms with van der Waals surface area (Å²) in [7, 11) is 0. The van der Waals surface area contributed by atoms with Crippen molar-refractivity contribution in [1.82, 2.24) is 10.2 Å². The molecule has 3 rings (SSSR count). The minimum Gasteiger partial charge on any atom is -0.465 e. The van der Waals surface area contributed by atoms with E-state index < -0.39 is 6.09 Å². The van der Waals surface area contributed by atoms with Crippen LogP contribution in [-0.2, 0) is 0 Å². The maximum absolute atomic E-state index is 13.3. The molecule has 0 bridgehead atoms. The number of likely N-dealkylation sites (tertiary alicyclic amines) is 1. The van der Waals surface area contributed by atoms with Crippen LogP contribution in [0.1, 0.15) is 36.4 Å². The number of carboxylic acid groups (broad SMARTS) is 1. The number of aryl methyl sites for hydroxylation is 1. The van der Waals surface area contributed by atoms with Gasteiger partial charge in [0, 0.05) is 13.1 Å². The molecule has 2 fully saturated rings. The van der Waals surface area contributed by atoms with Crippen LogP contribution >= 0.6 is 0 Å². The van der Waals surface area contributed by atoms with Crippen molar-refractivity contribution in [2.24, 2.45) is 11.8 Å². The Morgan fingerprint density at radius 2 is 2.14 bits per heavy atom. The van der Waals surface area contributed by atoms with E-state index in [-0.39, 0.29) is 17.8 Å². The standard InChI is InChI=1S/C17H23FN2O2/c1-11-8-14(18)4-5-15(11)16-13(6-7-20(16)17(21)22)10-19-9-12-2-3-12/h4-5,8,12-13,16,19H,2-3,6-7,9-10H2,1H3,(H,21,22)/t13-,16+/m0/s1. The minimum atomic E-state index is -0.890. The van der Waals surface area contributed by atoms with Crippen molar-refractivity contribution >= 4 is 6.09 Å². The van der Waals surface area contributed by atoms with E-state index in [1.165, 1.54) is 29.9 Å². The highest BCUT2D eigenvalue weighted by atomic mass is 19.1. The van der Waals surface area contributed by atoms with E-state index in [4.69, 9.17) is 0 Å². The third kappa shape index (κ3) is 3.24. The van der Waals surface area contributed by atoms with Crippen molar-refractivity contribution in [3.05, 3.63) is 35.1 Å². The Bertz CT molecular complexity index is 560. The fourth-order valence-corrected chi connectivity index (χ4v) is 3.47. The van der Waals surface area contributed by atoms with Crippen LogP contribution in [0.15, 0.2) is 18.2 Å². The molecule has 120 valence electrons. The number of hydrogen-bond donors (Lipinski definition) is 2. The average molecular weight is 306 g/mol. The van der Waals surface area contributed by atoms with Gasteiger partial charge < -0.3 is 15.3 Å². The fourth-order valence-electron chi connectivity index (χ4n) is 3.47. The summed E-state index contributed by atoms with van der Waals surface area (Å²) in [6.45, 7) is 4.25. The van der Waals surface area contributed by atoms with Gasteiger partial charge in [-0.3, -0.25) is 0 Å². The summed E-state index contributed by atoms with van der Waals surface area (Å²) in [6.07, 6.45) is 2.57. The summed E-state index contributed by atoms with van der Waals surface area (Å²) in [5.41, 5.74) is 1.75. The van der Waals surface area contributed by atoms with Crippen molar-refractivity contribution in [3.8, 4) is 0 Å². The lowest BCUT2D eigenvalue weighted by Crippen LogP contribution is -2.34. The maximum atomic E-state index is 13.3. The molecule has 1 aliphatic heterocycles. The Kier molecular flexibility index (Phi) is 4.34. The van der Waals surface area contributed by atoms with E-state index in [2.05, 4.69) is 5.32 Å². The number of nitrogens with zero attached hydrogens (tertiary/aromatic N) is 1. The highest BCUT2D eigenvalue weighted by molar-refractivity contribution is 5.66. The molecule has 2 aliphatic rings. The van der Waals surface area contributed by atoms with Crippen molar-refractivity contribution in [3.63, 3.8) is 0 Å². The molecule has 0 spiro atoms. The average Bonchev–Trinajstić information content (AvgIpc) is 3.18. The highest BCUT2D eigenvalue weighted by Crippen LogP contribution is 2.38. The number of halogens is 1. The molecule has 0 aromatic heterocycles. The largest absolute Gasteiger partial charge is 0.465 e. The lowest BCUT2D eigenvalue weighted by molar-refractivity contribution is 0.134. The van der Waals surface area contributed by atoms with Gasteiger partial charge in [0.2, 0.25) is 0 Å². The first-order chi connectivity index (χ1) is 10.6. The maximum Gasteiger partial charge on any atom is 0.407 e. The molecule has 5 heteroatoms. The van der Waals surface area contributed by atoms with Gasteiger partial charge in [-0.1, -0.05) is 6.07 Å². The third-order valence-corrected chi connectivity index (χ3v) is 4.86. The molecule has 2 atom stereocenters. The second-order valence-corrected chi connectivity index (χ2v) is 6.57. The van der Waals surface area contributed by atoms with E-state index >= 15 is 0 Å². The second kappa shape index (κ2) is 6.24. The number of nitrogens with one attached hydrogen (secondary N) is 1. The normalized spacial score (nSPS) is 24.7. The molecule has 4 nitrogen and oxygen atoms in total. The SMILES string of the molecule is Cc1cc(F)ccc1[C@H]1[C@H](CNCC2CC2)CCN1C(=O)O. The smallest absolute Gasteiger partial charge is 0.407 e. The van der Waals surface area contributed by atoms with Crippen LogP contribution in [0.4, 0.5) is 9.18 Å². The summed E-state index contributed by atoms with van der Waals surface area (Å²) in [4.78, 5) is 13.0. The second-order valence-electron chi connectivity index (χ2n) is 6.57. The molecule has 1 saturated heterocycles. The predicted molar refractivity (Wildman–Crippen MR) is 82.3 cm³/mol. The molecular formula is C17H23FN2O2. The molecular weight excluding hydrogens is 283 g/mol. The Hall–Kier alpha value is -1.62. The van der Waals surface area contributed by atoms with Crippen LogP contribution in [-0.4, -0.2) is 35.7 Å². The summed E-state index contributed by atoms with van der Waals surface area (Å²) >= 11 is 0. The topological polar surface area (TPSA) is 52.6 Å². The van der Waals surface area contributed by atoms with Crippen LogP contribution in [0.2, 0.25) is 0 Å². The lowest BCUT2D eigenvalue weighted by atomic mass is 9.90. The molecule has 1 saturated carbocycles. The van der Waals surface area contributed by atoms with Gasteiger partial charge in [0.1, 0.15) is 5.82 Å². The van der Waals surface area contributed by atoms with Crippen molar-refractivity contribution in [2.75, 3.05) is 19.6 Å². The monoisotopic (exact) mass is 306 g/mol. The summed E-state index contributed by atoms with van der Waals surface area (Å²) in [5.74, 6) is 0.784. The van der Waals surface area contributed by atoms with E-state index in [1.54, 1.807) is 6.07 Å². The molecule has 2 N–H and O–H groups in total. The quantitative estimate of drug-likeness (QED) is 0.878. The van der Waals surface area contributed by atoms with Crippen LogP contribution in [0, 0.1) is 24.6 Å². The van der Waals surface area contributed by atoms with Crippen LogP contribution in [0.3, 0.4) is 0 Å². The molecule has 1 aromatic carbocycles. The molecule has 1 aromatic rings. The summed E-state index contributed by atoms with van der Waals surface area (Å²) in [5, 5.41) is 12.9. The zero-order chi connectivity index (χ0) is 15.7. The number of hydrogen-bond acceptors (Lipinski definition) is 2. The minimum absolute atomic E-state index is 0.176. The van der Waals surface area contributed by atoms with Gasteiger partial charge >= 0.3 is 6.09 Å².